The van der Waals surface area contributed by atoms with E-state index in [4.69, 9.17) is 4.52 Å². The standard InChI is InChI=1S/C17H18N4O3S2/c22-26(23,15-4-1-6-18-10-15)21-7-2-3-13(11-21)9-16-19-17(20-24-16)14-5-8-25-12-14/h1,4-6,8,10,12-13H,2-3,7,9,11H2. The van der Waals surface area contributed by atoms with E-state index in [1.54, 1.807) is 29.7 Å². The normalized spacial score (nSPS) is 18.8. The van der Waals surface area contributed by atoms with E-state index in [2.05, 4.69) is 15.1 Å². The van der Waals surface area contributed by atoms with Crippen molar-refractivity contribution < 1.29 is 12.9 Å². The van der Waals surface area contributed by atoms with Crippen molar-refractivity contribution in [3.63, 3.8) is 0 Å². The van der Waals surface area contributed by atoms with Crippen LogP contribution >= 0.6 is 11.3 Å². The molecular formula is C17H18N4O3S2. The zero-order valence-corrected chi connectivity index (χ0v) is 15.6. The molecule has 1 atom stereocenters. The van der Waals surface area contributed by atoms with Gasteiger partial charge in [0, 0.05) is 42.8 Å². The Bertz CT molecular complexity index is 955. The summed E-state index contributed by atoms with van der Waals surface area (Å²) in [4.78, 5) is 8.60. The highest BCUT2D eigenvalue weighted by Gasteiger charge is 2.31. The fourth-order valence-corrected chi connectivity index (χ4v) is 5.31. The van der Waals surface area contributed by atoms with Gasteiger partial charge in [0.1, 0.15) is 4.90 Å². The Kier molecular flexibility index (Phi) is 4.84. The highest BCUT2D eigenvalue weighted by molar-refractivity contribution is 7.89. The van der Waals surface area contributed by atoms with E-state index in [0.29, 0.717) is 31.2 Å². The maximum absolute atomic E-state index is 12.8. The molecule has 9 heteroatoms. The SMILES string of the molecule is O=S(=O)(c1cccnc1)N1CCCC(Cc2nc(-c3ccsc3)no2)C1. The zero-order chi connectivity index (χ0) is 18.0. The van der Waals surface area contributed by atoms with Gasteiger partial charge in [-0.05, 0) is 42.3 Å². The summed E-state index contributed by atoms with van der Waals surface area (Å²) in [6.07, 6.45) is 5.30. The first-order valence-electron chi connectivity index (χ1n) is 8.38. The van der Waals surface area contributed by atoms with Gasteiger partial charge in [0.05, 0.1) is 0 Å². The maximum Gasteiger partial charge on any atom is 0.244 e. The Hall–Kier alpha value is -2.10. The number of hydrogen-bond donors (Lipinski definition) is 0. The minimum absolute atomic E-state index is 0.158. The fraction of sp³-hybridized carbons (Fsp3) is 0.353. The Morgan fingerprint density at radius 1 is 1.35 bits per heavy atom. The Morgan fingerprint density at radius 2 is 2.27 bits per heavy atom. The van der Waals surface area contributed by atoms with Crippen molar-refractivity contribution in [1.82, 2.24) is 19.4 Å². The predicted molar refractivity (Wildman–Crippen MR) is 97.0 cm³/mol. The molecule has 7 nitrogen and oxygen atoms in total. The first-order valence-corrected chi connectivity index (χ1v) is 10.8. The van der Waals surface area contributed by atoms with Gasteiger partial charge < -0.3 is 4.52 Å². The van der Waals surface area contributed by atoms with E-state index in [0.717, 1.165) is 18.4 Å². The summed E-state index contributed by atoms with van der Waals surface area (Å²) >= 11 is 1.58. The van der Waals surface area contributed by atoms with Crippen molar-refractivity contribution in [2.24, 2.45) is 5.92 Å². The van der Waals surface area contributed by atoms with E-state index < -0.39 is 10.0 Å². The number of thiophene rings is 1. The highest BCUT2D eigenvalue weighted by atomic mass is 32.2. The summed E-state index contributed by atoms with van der Waals surface area (Å²) < 4.78 is 32.5. The van der Waals surface area contributed by atoms with Crippen LogP contribution in [0.5, 0.6) is 0 Å². The van der Waals surface area contributed by atoms with Crippen molar-refractivity contribution in [2.45, 2.75) is 24.2 Å². The van der Waals surface area contributed by atoms with Gasteiger partial charge in [0.15, 0.2) is 0 Å². The monoisotopic (exact) mass is 390 g/mol. The number of aromatic nitrogens is 3. The van der Waals surface area contributed by atoms with Gasteiger partial charge in [-0.3, -0.25) is 4.98 Å². The molecule has 0 saturated carbocycles. The van der Waals surface area contributed by atoms with Gasteiger partial charge in [-0.2, -0.15) is 20.6 Å². The molecule has 4 heterocycles. The molecule has 136 valence electrons. The van der Waals surface area contributed by atoms with E-state index >= 15 is 0 Å². The number of sulfonamides is 1. The predicted octanol–water partition coefficient (Wildman–Crippen LogP) is 2.84. The summed E-state index contributed by atoms with van der Waals surface area (Å²) in [5.74, 6) is 1.29. The average molecular weight is 390 g/mol. The topological polar surface area (TPSA) is 89.2 Å². The molecule has 0 amide bonds. The second-order valence-corrected chi connectivity index (χ2v) is 9.01. The first-order chi connectivity index (χ1) is 12.6. The molecular weight excluding hydrogens is 372 g/mol. The van der Waals surface area contributed by atoms with Crippen LogP contribution in [0.25, 0.3) is 11.4 Å². The summed E-state index contributed by atoms with van der Waals surface area (Å²) in [7, 11) is -3.51. The van der Waals surface area contributed by atoms with Crippen LogP contribution in [0.4, 0.5) is 0 Å². The van der Waals surface area contributed by atoms with Crippen LogP contribution in [0.3, 0.4) is 0 Å². The van der Waals surface area contributed by atoms with Crippen molar-refractivity contribution in [3.05, 3.63) is 47.2 Å². The third-order valence-corrected chi connectivity index (χ3v) is 7.00. The van der Waals surface area contributed by atoms with Crippen LogP contribution < -0.4 is 0 Å². The quantitative estimate of drug-likeness (QED) is 0.665. The van der Waals surface area contributed by atoms with Gasteiger partial charge in [-0.25, -0.2) is 8.42 Å². The summed E-state index contributed by atoms with van der Waals surface area (Å²) in [5.41, 5.74) is 0.939. The number of piperidine rings is 1. The van der Waals surface area contributed by atoms with Crippen molar-refractivity contribution >= 4 is 21.4 Å². The van der Waals surface area contributed by atoms with E-state index in [1.807, 2.05) is 16.8 Å². The lowest BCUT2D eigenvalue weighted by Crippen LogP contribution is -2.40. The number of nitrogens with zero attached hydrogens (tertiary/aromatic N) is 4. The third-order valence-electron chi connectivity index (χ3n) is 4.46. The largest absolute Gasteiger partial charge is 0.339 e. The van der Waals surface area contributed by atoms with E-state index in [1.165, 1.54) is 10.5 Å². The molecule has 1 aliphatic rings. The van der Waals surface area contributed by atoms with Crippen LogP contribution in [-0.4, -0.2) is 40.9 Å². The molecule has 4 rings (SSSR count). The fourth-order valence-electron chi connectivity index (χ4n) is 3.15. The minimum Gasteiger partial charge on any atom is -0.339 e. The summed E-state index contributed by atoms with van der Waals surface area (Å²) in [5, 5.41) is 7.96. The van der Waals surface area contributed by atoms with Gasteiger partial charge in [-0.1, -0.05) is 5.16 Å². The van der Waals surface area contributed by atoms with Crippen molar-refractivity contribution in [3.8, 4) is 11.4 Å². The minimum atomic E-state index is -3.51. The molecule has 3 aromatic rings. The lowest BCUT2D eigenvalue weighted by Gasteiger charge is -2.31. The number of rotatable bonds is 5. The van der Waals surface area contributed by atoms with Crippen LogP contribution in [0.1, 0.15) is 18.7 Å². The smallest absolute Gasteiger partial charge is 0.244 e. The molecule has 1 fully saturated rings. The maximum atomic E-state index is 12.8. The van der Waals surface area contributed by atoms with E-state index in [-0.39, 0.29) is 10.8 Å². The summed E-state index contributed by atoms with van der Waals surface area (Å²) in [6.45, 7) is 0.977. The van der Waals surface area contributed by atoms with Gasteiger partial charge in [0.2, 0.25) is 21.7 Å². The highest BCUT2D eigenvalue weighted by Crippen LogP contribution is 2.26. The van der Waals surface area contributed by atoms with Crippen LogP contribution in [0, 0.1) is 5.92 Å². The van der Waals surface area contributed by atoms with Crippen LogP contribution in [0.2, 0.25) is 0 Å². The molecule has 0 bridgehead atoms. The van der Waals surface area contributed by atoms with Gasteiger partial charge in [-0.15, -0.1) is 0 Å². The second kappa shape index (κ2) is 7.26. The molecule has 1 aliphatic heterocycles. The number of hydrogen-bond acceptors (Lipinski definition) is 7. The molecule has 0 radical (unpaired) electrons. The van der Waals surface area contributed by atoms with Gasteiger partial charge >= 0.3 is 0 Å². The molecule has 0 spiro atoms. The summed E-state index contributed by atoms with van der Waals surface area (Å²) in [6, 6.07) is 5.16. The number of pyridine rings is 1. The third kappa shape index (κ3) is 3.55. The molecule has 1 saturated heterocycles. The molecule has 0 N–H and O–H groups in total. The molecule has 1 unspecified atom stereocenters. The zero-order valence-electron chi connectivity index (χ0n) is 14.0. The van der Waals surface area contributed by atoms with E-state index in [9.17, 15) is 8.42 Å². The van der Waals surface area contributed by atoms with Crippen molar-refractivity contribution in [1.29, 1.82) is 0 Å². The average Bonchev–Trinajstić information content (AvgIpc) is 3.34. The van der Waals surface area contributed by atoms with Crippen LogP contribution in [-0.2, 0) is 16.4 Å². The molecule has 26 heavy (non-hydrogen) atoms. The lowest BCUT2D eigenvalue weighted by molar-refractivity contribution is 0.247. The van der Waals surface area contributed by atoms with Crippen molar-refractivity contribution in [2.75, 3.05) is 13.1 Å². The molecule has 0 aromatic carbocycles. The Morgan fingerprint density at radius 3 is 3.04 bits per heavy atom. The van der Waals surface area contributed by atoms with Gasteiger partial charge in [0.25, 0.3) is 0 Å². The first kappa shape index (κ1) is 17.3. The Labute approximate surface area is 155 Å². The van der Waals surface area contributed by atoms with Crippen LogP contribution in [0.15, 0.2) is 50.8 Å². The second-order valence-electron chi connectivity index (χ2n) is 6.29. The molecule has 3 aromatic heterocycles. The Balaban J connectivity index is 1.46. The molecule has 0 aliphatic carbocycles. The lowest BCUT2D eigenvalue weighted by atomic mass is 9.96.